The summed E-state index contributed by atoms with van der Waals surface area (Å²) in [4.78, 5) is 14.6. The van der Waals surface area contributed by atoms with Crippen LogP contribution in [0.4, 0.5) is 10.1 Å². The van der Waals surface area contributed by atoms with Crippen LogP contribution < -0.4 is 5.32 Å². The van der Waals surface area contributed by atoms with Crippen molar-refractivity contribution in [1.82, 2.24) is 4.90 Å². The van der Waals surface area contributed by atoms with Gasteiger partial charge in [0.15, 0.2) is 0 Å². The first-order valence-electron chi connectivity index (χ1n) is 8.37. The second-order valence-corrected chi connectivity index (χ2v) is 6.56. The zero-order valence-corrected chi connectivity index (χ0v) is 14.2. The highest BCUT2D eigenvalue weighted by Gasteiger charge is 2.30. The number of nitrogens with zero attached hydrogens (tertiary/aromatic N) is 1. The smallest absolute Gasteiger partial charge is 0.238 e. The topological polar surface area (TPSA) is 32.3 Å². The summed E-state index contributed by atoms with van der Waals surface area (Å²) in [5, 5.41) is 3.02. The second kappa shape index (κ2) is 7.14. The van der Waals surface area contributed by atoms with Crippen molar-refractivity contribution in [1.29, 1.82) is 0 Å². The molecule has 0 aromatic heterocycles. The fraction of sp³-hybridized carbons (Fsp3) is 0.350. The van der Waals surface area contributed by atoms with Gasteiger partial charge in [-0.15, -0.1) is 0 Å². The Morgan fingerprint density at radius 1 is 1.17 bits per heavy atom. The van der Waals surface area contributed by atoms with Crippen molar-refractivity contribution < 1.29 is 9.18 Å². The molecule has 0 aliphatic heterocycles. The summed E-state index contributed by atoms with van der Waals surface area (Å²) >= 11 is 0. The Morgan fingerprint density at radius 2 is 1.88 bits per heavy atom. The first-order chi connectivity index (χ1) is 11.5. The van der Waals surface area contributed by atoms with Gasteiger partial charge in [-0.3, -0.25) is 9.69 Å². The van der Waals surface area contributed by atoms with Gasteiger partial charge < -0.3 is 5.32 Å². The van der Waals surface area contributed by atoms with Gasteiger partial charge in [-0.25, -0.2) is 4.39 Å². The lowest BCUT2D eigenvalue weighted by atomic mass is 10.1. The van der Waals surface area contributed by atoms with E-state index in [0.29, 0.717) is 19.1 Å². The number of amides is 1. The van der Waals surface area contributed by atoms with Crippen molar-refractivity contribution in [2.24, 2.45) is 0 Å². The largest absolute Gasteiger partial charge is 0.325 e. The number of nitrogens with one attached hydrogen (secondary N) is 1. The van der Waals surface area contributed by atoms with Crippen LogP contribution in [0, 0.1) is 19.7 Å². The molecule has 0 spiro atoms. The minimum absolute atomic E-state index is 0.00212. The van der Waals surface area contributed by atoms with E-state index in [1.54, 1.807) is 12.1 Å². The SMILES string of the molecule is Cc1cccc(NC(=O)CN(Cc2ccc(F)cc2)C2CC2)c1C. The third-order valence-electron chi connectivity index (χ3n) is 4.59. The van der Waals surface area contributed by atoms with Crippen molar-refractivity contribution in [2.45, 2.75) is 39.3 Å². The quantitative estimate of drug-likeness (QED) is 0.869. The maximum absolute atomic E-state index is 13.0. The van der Waals surface area contributed by atoms with Gasteiger partial charge >= 0.3 is 0 Å². The maximum Gasteiger partial charge on any atom is 0.238 e. The number of hydrogen-bond acceptors (Lipinski definition) is 2. The Morgan fingerprint density at radius 3 is 2.54 bits per heavy atom. The van der Waals surface area contributed by atoms with E-state index < -0.39 is 0 Å². The summed E-state index contributed by atoms with van der Waals surface area (Å²) in [6.07, 6.45) is 2.25. The van der Waals surface area contributed by atoms with Crippen LogP contribution in [-0.4, -0.2) is 23.4 Å². The average Bonchev–Trinajstić information content (AvgIpc) is 3.38. The highest BCUT2D eigenvalue weighted by molar-refractivity contribution is 5.93. The molecule has 24 heavy (non-hydrogen) atoms. The molecule has 2 aromatic carbocycles. The minimum atomic E-state index is -0.232. The van der Waals surface area contributed by atoms with E-state index in [4.69, 9.17) is 0 Å². The molecule has 4 heteroatoms. The molecule has 2 aromatic rings. The Kier molecular flexibility index (Phi) is 4.95. The Labute approximate surface area is 142 Å². The molecule has 126 valence electrons. The highest BCUT2D eigenvalue weighted by Crippen LogP contribution is 2.28. The molecule has 0 atom stereocenters. The van der Waals surface area contributed by atoms with Crippen molar-refractivity contribution in [3.63, 3.8) is 0 Å². The minimum Gasteiger partial charge on any atom is -0.325 e. The van der Waals surface area contributed by atoms with E-state index in [1.165, 1.54) is 12.1 Å². The van der Waals surface area contributed by atoms with Gasteiger partial charge in [0.2, 0.25) is 5.91 Å². The standard InChI is InChI=1S/C20H23FN2O/c1-14-4-3-5-19(15(14)2)22-20(24)13-23(18-10-11-18)12-16-6-8-17(21)9-7-16/h3-9,18H,10-13H2,1-2H3,(H,22,24). The first kappa shape index (κ1) is 16.7. The van der Waals surface area contributed by atoms with E-state index in [2.05, 4.69) is 10.2 Å². The summed E-state index contributed by atoms with van der Waals surface area (Å²) < 4.78 is 13.0. The Balaban J connectivity index is 1.64. The van der Waals surface area contributed by atoms with E-state index in [1.807, 2.05) is 32.0 Å². The Hall–Kier alpha value is -2.20. The summed E-state index contributed by atoms with van der Waals surface area (Å²) in [5.41, 5.74) is 4.17. The molecule has 3 rings (SSSR count). The Bertz CT molecular complexity index is 723. The number of carbonyl (C=O) groups excluding carboxylic acids is 1. The zero-order chi connectivity index (χ0) is 17.1. The van der Waals surface area contributed by atoms with Crippen LogP contribution in [0.25, 0.3) is 0 Å². The van der Waals surface area contributed by atoms with Crippen molar-refractivity contribution >= 4 is 11.6 Å². The maximum atomic E-state index is 13.0. The monoisotopic (exact) mass is 326 g/mol. The zero-order valence-electron chi connectivity index (χ0n) is 14.2. The van der Waals surface area contributed by atoms with Gasteiger partial charge in [-0.05, 0) is 61.6 Å². The predicted octanol–water partition coefficient (Wildman–Crippen LogP) is 4.05. The summed E-state index contributed by atoms with van der Waals surface area (Å²) in [7, 11) is 0. The lowest BCUT2D eigenvalue weighted by Gasteiger charge is -2.22. The van der Waals surface area contributed by atoms with Crippen LogP contribution in [-0.2, 0) is 11.3 Å². The van der Waals surface area contributed by atoms with Crippen LogP contribution in [0.5, 0.6) is 0 Å². The molecule has 1 N–H and O–H groups in total. The van der Waals surface area contributed by atoms with Crippen LogP contribution in [0.15, 0.2) is 42.5 Å². The van der Waals surface area contributed by atoms with Gasteiger partial charge in [-0.1, -0.05) is 24.3 Å². The molecule has 0 radical (unpaired) electrons. The van der Waals surface area contributed by atoms with Crippen molar-refractivity contribution in [2.75, 3.05) is 11.9 Å². The molecule has 1 aliphatic carbocycles. The van der Waals surface area contributed by atoms with Crippen LogP contribution in [0.3, 0.4) is 0 Å². The van der Waals surface area contributed by atoms with Gasteiger partial charge in [-0.2, -0.15) is 0 Å². The molecular weight excluding hydrogens is 303 g/mol. The van der Waals surface area contributed by atoms with E-state index in [9.17, 15) is 9.18 Å². The average molecular weight is 326 g/mol. The lowest BCUT2D eigenvalue weighted by Crippen LogP contribution is -2.34. The van der Waals surface area contributed by atoms with Gasteiger partial charge in [0.1, 0.15) is 5.82 Å². The molecule has 0 heterocycles. The normalized spacial score (nSPS) is 14.0. The summed E-state index contributed by atoms with van der Waals surface area (Å²) in [5.74, 6) is -0.234. The van der Waals surface area contributed by atoms with Crippen LogP contribution in [0.2, 0.25) is 0 Å². The number of halogens is 1. The van der Waals surface area contributed by atoms with Gasteiger partial charge in [0.05, 0.1) is 6.54 Å². The van der Waals surface area contributed by atoms with Crippen molar-refractivity contribution in [3.8, 4) is 0 Å². The fourth-order valence-electron chi connectivity index (χ4n) is 2.84. The summed E-state index contributed by atoms with van der Waals surface area (Å²) in [6, 6.07) is 12.9. The van der Waals surface area contributed by atoms with Crippen LogP contribution in [0.1, 0.15) is 29.5 Å². The highest BCUT2D eigenvalue weighted by atomic mass is 19.1. The molecule has 1 saturated carbocycles. The molecule has 1 fully saturated rings. The van der Waals surface area contributed by atoms with Crippen LogP contribution >= 0.6 is 0 Å². The van der Waals surface area contributed by atoms with E-state index in [-0.39, 0.29) is 11.7 Å². The molecule has 0 saturated heterocycles. The molecule has 3 nitrogen and oxygen atoms in total. The third-order valence-corrected chi connectivity index (χ3v) is 4.59. The molecule has 0 bridgehead atoms. The number of anilines is 1. The number of carbonyl (C=O) groups is 1. The van der Waals surface area contributed by atoms with Gasteiger partial charge in [0.25, 0.3) is 0 Å². The van der Waals surface area contributed by atoms with E-state index in [0.717, 1.165) is 35.2 Å². The number of benzene rings is 2. The summed E-state index contributed by atoms with van der Waals surface area (Å²) in [6.45, 7) is 5.08. The first-order valence-corrected chi connectivity index (χ1v) is 8.37. The molecule has 1 aliphatic rings. The number of aryl methyl sites for hydroxylation is 1. The molecular formula is C20H23FN2O. The van der Waals surface area contributed by atoms with Crippen molar-refractivity contribution in [3.05, 3.63) is 65.0 Å². The predicted molar refractivity (Wildman–Crippen MR) is 94.4 cm³/mol. The fourth-order valence-corrected chi connectivity index (χ4v) is 2.84. The number of hydrogen-bond donors (Lipinski definition) is 1. The number of rotatable bonds is 6. The molecule has 0 unspecified atom stereocenters. The lowest BCUT2D eigenvalue weighted by molar-refractivity contribution is -0.117. The second-order valence-electron chi connectivity index (χ2n) is 6.56. The van der Waals surface area contributed by atoms with E-state index >= 15 is 0 Å². The van der Waals surface area contributed by atoms with Gasteiger partial charge in [0, 0.05) is 18.3 Å². The third kappa shape index (κ3) is 4.20. The molecule has 1 amide bonds.